The van der Waals surface area contributed by atoms with Crippen LogP contribution in [0.1, 0.15) is 19.3 Å². The molecule has 1 unspecified atom stereocenters. The molecule has 15 heavy (non-hydrogen) atoms. The standard InChI is InChI=1S/C11H21N3O/c1-14-5-4-12-10(8-14)6-11(15)13-7-9-2-3-9/h9-10,12H,2-8H2,1H3,(H,13,15). The molecule has 1 aliphatic heterocycles. The number of rotatable bonds is 4. The van der Waals surface area contributed by atoms with E-state index < -0.39 is 0 Å². The van der Waals surface area contributed by atoms with Gasteiger partial charge in [-0.3, -0.25) is 4.79 Å². The SMILES string of the molecule is CN1CCNC(CC(=O)NCC2CC2)C1. The molecule has 2 rings (SSSR count). The molecule has 0 bridgehead atoms. The molecule has 4 heteroatoms. The molecule has 4 nitrogen and oxygen atoms in total. The van der Waals surface area contributed by atoms with Crippen molar-refractivity contribution in [2.75, 3.05) is 33.2 Å². The van der Waals surface area contributed by atoms with Crippen LogP contribution in [0, 0.1) is 5.92 Å². The van der Waals surface area contributed by atoms with Gasteiger partial charge in [-0.25, -0.2) is 0 Å². The summed E-state index contributed by atoms with van der Waals surface area (Å²) in [7, 11) is 2.11. The lowest BCUT2D eigenvalue weighted by atomic mass is 10.1. The number of nitrogens with zero attached hydrogens (tertiary/aromatic N) is 1. The summed E-state index contributed by atoms with van der Waals surface area (Å²) in [5.74, 6) is 0.977. The lowest BCUT2D eigenvalue weighted by Crippen LogP contribution is -2.50. The van der Waals surface area contributed by atoms with Crippen LogP contribution < -0.4 is 10.6 Å². The van der Waals surface area contributed by atoms with E-state index in [1.54, 1.807) is 0 Å². The van der Waals surface area contributed by atoms with Gasteiger partial charge in [0.1, 0.15) is 0 Å². The lowest BCUT2D eigenvalue weighted by Gasteiger charge is -2.30. The molecule has 0 aromatic heterocycles. The smallest absolute Gasteiger partial charge is 0.221 e. The Labute approximate surface area is 91.4 Å². The van der Waals surface area contributed by atoms with E-state index in [0.29, 0.717) is 12.5 Å². The van der Waals surface area contributed by atoms with Crippen LogP contribution in [0.2, 0.25) is 0 Å². The van der Waals surface area contributed by atoms with Gasteiger partial charge in [0.2, 0.25) is 5.91 Å². The number of amides is 1. The number of carbonyl (C=O) groups is 1. The summed E-state index contributed by atoms with van der Waals surface area (Å²) in [4.78, 5) is 13.9. The van der Waals surface area contributed by atoms with Crippen LogP contribution in [0.3, 0.4) is 0 Å². The van der Waals surface area contributed by atoms with Crippen LogP contribution in [-0.2, 0) is 4.79 Å². The average molecular weight is 211 g/mol. The topological polar surface area (TPSA) is 44.4 Å². The Morgan fingerprint density at radius 3 is 3.00 bits per heavy atom. The Morgan fingerprint density at radius 2 is 2.33 bits per heavy atom. The Kier molecular flexibility index (Phi) is 3.59. The van der Waals surface area contributed by atoms with Crippen molar-refractivity contribution in [2.45, 2.75) is 25.3 Å². The summed E-state index contributed by atoms with van der Waals surface area (Å²) >= 11 is 0. The number of carbonyl (C=O) groups excluding carboxylic acids is 1. The van der Waals surface area contributed by atoms with E-state index in [2.05, 4.69) is 22.6 Å². The van der Waals surface area contributed by atoms with Crippen molar-refractivity contribution < 1.29 is 4.79 Å². The fraction of sp³-hybridized carbons (Fsp3) is 0.909. The maximum atomic E-state index is 11.6. The number of likely N-dealkylation sites (N-methyl/N-ethyl adjacent to an activating group) is 1. The highest BCUT2D eigenvalue weighted by atomic mass is 16.1. The van der Waals surface area contributed by atoms with Gasteiger partial charge in [0, 0.05) is 38.6 Å². The van der Waals surface area contributed by atoms with E-state index in [9.17, 15) is 4.79 Å². The van der Waals surface area contributed by atoms with E-state index in [0.717, 1.165) is 32.1 Å². The van der Waals surface area contributed by atoms with E-state index in [1.807, 2.05) is 0 Å². The second kappa shape index (κ2) is 4.94. The van der Waals surface area contributed by atoms with Gasteiger partial charge in [-0.2, -0.15) is 0 Å². The molecule has 1 heterocycles. The number of hydrogen-bond donors (Lipinski definition) is 2. The zero-order chi connectivity index (χ0) is 10.7. The van der Waals surface area contributed by atoms with Crippen molar-refractivity contribution in [2.24, 2.45) is 5.92 Å². The normalized spacial score (nSPS) is 27.7. The Morgan fingerprint density at radius 1 is 1.53 bits per heavy atom. The molecule has 1 saturated carbocycles. The Balaban J connectivity index is 1.63. The maximum absolute atomic E-state index is 11.6. The molecule has 1 amide bonds. The summed E-state index contributed by atoms with van der Waals surface area (Å²) in [6, 6.07) is 0.336. The molecular weight excluding hydrogens is 190 g/mol. The predicted octanol–water partition coefficient (Wildman–Crippen LogP) is -0.194. The first kappa shape index (κ1) is 10.9. The van der Waals surface area contributed by atoms with E-state index in [1.165, 1.54) is 12.8 Å². The second-order valence-electron chi connectivity index (χ2n) is 4.86. The van der Waals surface area contributed by atoms with Crippen molar-refractivity contribution in [1.29, 1.82) is 0 Å². The van der Waals surface area contributed by atoms with Gasteiger partial charge < -0.3 is 15.5 Å². The minimum Gasteiger partial charge on any atom is -0.356 e. The van der Waals surface area contributed by atoms with Crippen LogP contribution in [0.4, 0.5) is 0 Å². The average Bonchev–Trinajstić information content (AvgIpc) is 2.98. The van der Waals surface area contributed by atoms with Crippen molar-refractivity contribution in [3.05, 3.63) is 0 Å². The maximum Gasteiger partial charge on any atom is 0.221 e. The lowest BCUT2D eigenvalue weighted by molar-refractivity contribution is -0.121. The summed E-state index contributed by atoms with van der Waals surface area (Å²) in [6.07, 6.45) is 3.21. The molecule has 0 aromatic rings. The first-order chi connectivity index (χ1) is 7.24. The van der Waals surface area contributed by atoms with Crippen LogP contribution in [0.25, 0.3) is 0 Å². The van der Waals surface area contributed by atoms with E-state index in [-0.39, 0.29) is 5.91 Å². The van der Waals surface area contributed by atoms with Gasteiger partial charge in [-0.15, -0.1) is 0 Å². The molecule has 2 fully saturated rings. The first-order valence-corrected chi connectivity index (χ1v) is 5.92. The van der Waals surface area contributed by atoms with Crippen LogP contribution in [0.5, 0.6) is 0 Å². The molecule has 0 radical (unpaired) electrons. The molecule has 0 spiro atoms. The summed E-state index contributed by atoms with van der Waals surface area (Å²) < 4.78 is 0. The van der Waals surface area contributed by atoms with E-state index in [4.69, 9.17) is 0 Å². The largest absolute Gasteiger partial charge is 0.356 e. The summed E-state index contributed by atoms with van der Waals surface area (Å²) in [5.41, 5.74) is 0. The Bertz CT molecular complexity index is 228. The first-order valence-electron chi connectivity index (χ1n) is 5.92. The predicted molar refractivity (Wildman–Crippen MR) is 59.6 cm³/mol. The molecule has 1 saturated heterocycles. The fourth-order valence-corrected chi connectivity index (χ4v) is 2.00. The Hall–Kier alpha value is -0.610. The monoisotopic (exact) mass is 211 g/mol. The quantitative estimate of drug-likeness (QED) is 0.677. The molecular formula is C11H21N3O. The van der Waals surface area contributed by atoms with Gasteiger partial charge in [-0.1, -0.05) is 0 Å². The van der Waals surface area contributed by atoms with Gasteiger partial charge in [-0.05, 0) is 25.8 Å². The molecule has 2 aliphatic rings. The van der Waals surface area contributed by atoms with Crippen molar-refractivity contribution in [1.82, 2.24) is 15.5 Å². The highest BCUT2D eigenvalue weighted by molar-refractivity contribution is 5.76. The van der Waals surface area contributed by atoms with Gasteiger partial charge >= 0.3 is 0 Å². The highest BCUT2D eigenvalue weighted by Gasteiger charge is 2.23. The van der Waals surface area contributed by atoms with Crippen LogP contribution >= 0.6 is 0 Å². The summed E-state index contributed by atoms with van der Waals surface area (Å²) in [6.45, 7) is 3.95. The zero-order valence-corrected chi connectivity index (χ0v) is 9.46. The second-order valence-corrected chi connectivity index (χ2v) is 4.86. The third-order valence-corrected chi connectivity index (χ3v) is 3.18. The zero-order valence-electron chi connectivity index (χ0n) is 9.46. The number of hydrogen-bond acceptors (Lipinski definition) is 3. The minimum absolute atomic E-state index is 0.203. The fourth-order valence-electron chi connectivity index (χ4n) is 2.00. The molecule has 1 atom stereocenters. The molecule has 1 aliphatic carbocycles. The number of nitrogens with one attached hydrogen (secondary N) is 2. The molecule has 0 aromatic carbocycles. The van der Waals surface area contributed by atoms with Crippen molar-refractivity contribution in [3.63, 3.8) is 0 Å². The van der Waals surface area contributed by atoms with E-state index >= 15 is 0 Å². The molecule has 2 N–H and O–H groups in total. The third kappa shape index (κ3) is 3.80. The van der Waals surface area contributed by atoms with Gasteiger partial charge in [0.25, 0.3) is 0 Å². The van der Waals surface area contributed by atoms with Crippen LogP contribution in [-0.4, -0.2) is 50.1 Å². The summed E-state index contributed by atoms with van der Waals surface area (Å²) in [5, 5.41) is 6.39. The molecule has 86 valence electrons. The minimum atomic E-state index is 0.203. The van der Waals surface area contributed by atoms with Crippen molar-refractivity contribution >= 4 is 5.91 Å². The highest BCUT2D eigenvalue weighted by Crippen LogP contribution is 2.27. The number of piperazine rings is 1. The van der Waals surface area contributed by atoms with Crippen LogP contribution in [0.15, 0.2) is 0 Å². The van der Waals surface area contributed by atoms with Crippen molar-refractivity contribution in [3.8, 4) is 0 Å². The van der Waals surface area contributed by atoms with Gasteiger partial charge in [0.15, 0.2) is 0 Å². The third-order valence-electron chi connectivity index (χ3n) is 3.18. The van der Waals surface area contributed by atoms with Gasteiger partial charge in [0.05, 0.1) is 0 Å².